The fraction of sp³-hybridized carbons (Fsp3) is 0.0588. The van der Waals surface area contributed by atoms with Crippen molar-refractivity contribution in [2.24, 2.45) is 0 Å². The molecule has 0 saturated carbocycles. The van der Waals surface area contributed by atoms with E-state index < -0.39 is 5.41 Å². The molecule has 0 radical (unpaired) electrons. The van der Waals surface area contributed by atoms with Crippen molar-refractivity contribution in [3.63, 3.8) is 0 Å². The molecule has 1 aliphatic carbocycles. The van der Waals surface area contributed by atoms with Crippen molar-refractivity contribution in [3.05, 3.63) is 215 Å². The second-order valence-corrected chi connectivity index (χ2v) is 14.2. The maximum Gasteiger partial charge on any atom is 0.0714 e. The maximum absolute atomic E-state index is 2.54. The van der Waals surface area contributed by atoms with Gasteiger partial charge in [0.15, 0.2) is 0 Å². The van der Waals surface area contributed by atoms with Crippen LogP contribution in [0.3, 0.4) is 0 Å². The number of hydrogen-bond donors (Lipinski definition) is 0. The summed E-state index contributed by atoms with van der Waals surface area (Å²) in [5.74, 6) is 0. The van der Waals surface area contributed by atoms with Gasteiger partial charge in [-0.2, -0.15) is 0 Å². The van der Waals surface area contributed by atoms with E-state index in [0.29, 0.717) is 0 Å². The Kier molecular flexibility index (Phi) is 6.63. The zero-order chi connectivity index (χ0) is 34.1. The van der Waals surface area contributed by atoms with E-state index in [2.05, 4.69) is 196 Å². The summed E-state index contributed by atoms with van der Waals surface area (Å²) in [5, 5.41) is 7.67. The Balaban J connectivity index is 1.38. The van der Waals surface area contributed by atoms with Crippen molar-refractivity contribution < 1.29 is 0 Å². The molecular formula is C51H36. The van der Waals surface area contributed by atoms with Gasteiger partial charge in [-0.25, -0.2) is 0 Å². The highest BCUT2D eigenvalue weighted by Crippen LogP contribution is 2.60. The Morgan fingerprint density at radius 2 is 0.941 bits per heavy atom. The maximum atomic E-state index is 2.54. The topological polar surface area (TPSA) is 0 Å². The zero-order valence-corrected chi connectivity index (χ0v) is 28.8. The molecule has 0 saturated heterocycles. The molecule has 0 heterocycles. The van der Waals surface area contributed by atoms with Gasteiger partial charge in [0.05, 0.1) is 5.41 Å². The predicted molar refractivity (Wildman–Crippen MR) is 217 cm³/mol. The molecule has 9 aromatic carbocycles. The van der Waals surface area contributed by atoms with Crippen LogP contribution in [0.2, 0.25) is 0 Å². The van der Waals surface area contributed by atoms with E-state index in [0.717, 1.165) is 0 Å². The summed E-state index contributed by atoms with van der Waals surface area (Å²) < 4.78 is 0. The molecule has 0 aliphatic heterocycles. The first kappa shape index (κ1) is 29.7. The number of aryl methyl sites for hydroxylation is 2. The van der Waals surface area contributed by atoms with Gasteiger partial charge >= 0.3 is 0 Å². The van der Waals surface area contributed by atoms with Crippen LogP contribution in [-0.2, 0) is 5.41 Å². The van der Waals surface area contributed by atoms with E-state index >= 15 is 0 Å². The lowest BCUT2D eigenvalue weighted by Crippen LogP contribution is -2.28. The van der Waals surface area contributed by atoms with Crippen LogP contribution in [0, 0.1) is 13.8 Å². The van der Waals surface area contributed by atoms with E-state index in [4.69, 9.17) is 0 Å². The average Bonchev–Trinajstić information content (AvgIpc) is 3.48. The summed E-state index contributed by atoms with van der Waals surface area (Å²) in [6, 6.07) is 68.3. The van der Waals surface area contributed by atoms with Gasteiger partial charge in [0.2, 0.25) is 0 Å². The first-order valence-electron chi connectivity index (χ1n) is 17.9. The highest BCUT2D eigenvalue weighted by molar-refractivity contribution is 6.13. The van der Waals surface area contributed by atoms with Crippen molar-refractivity contribution in [1.29, 1.82) is 0 Å². The van der Waals surface area contributed by atoms with Crippen LogP contribution >= 0.6 is 0 Å². The van der Waals surface area contributed by atoms with Gasteiger partial charge < -0.3 is 0 Å². The van der Waals surface area contributed by atoms with Crippen molar-refractivity contribution >= 4 is 32.3 Å². The summed E-state index contributed by atoms with van der Waals surface area (Å²) in [4.78, 5) is 0. The third-order valence-corrected chi connectivity index (χ3v) is 11.2. The Hall–Kier alpha value is -6.24. The molecule has 1 aliphatic rings. The highest BCUT2D eigenvalue weighted by Gasteiger charge is 2.47. The molecule has 0 nitrogen and oxygen atoms in total. The largest absolute Gasteiger partial charge is 0.0714 e. The summed E-state index contributed by atoms with van der Waals surface area (Å²) in [7, 11) is 0. The lowest BCUT2D eigenvalue weighted by molar-refractivity contribution is 0.769. The van der Waals surface area contributed by atoms with Crippen LogP contribution < -0.4 is 0 Å². The molecule has 9 aromatic rings. The summed E-state index contributed by atoms with van der Waals surface area (Å²) in [5.41, 5.74) is 14.9. The van der Waals surface area contributed by atoms with Gasteiger partial charge in [0.25, 0.3) is 0 Å². The minimum Gasteiger partial charge on any atom is -0.0622 e. The second kappa shape index (κ2) is 11.4. The standard InChI is InChI=1S/C51H36/c1-33-23-26-42-36(29-33)15-12-22-43(42)46-32-49-50(47-30-34(2)24-27-44(46)47)45-28-25-37(41-21-11-14-35-13-9-10-20-40(35)41)31-48(45)51(49,38-16-5-3-6-17-38)39-18-7-4-8-19-39/h3-32H,1-2H3. The van der Waals surface area contributed by atoms with E-state index in [1.807, 2.05) is 0 Å². The molecule has 0 heteroatoms. The first-order chi connectivity index (χ1) is 25.1. The fourth-order valence-electron chi connectivity index (χ4n) is 9.01. The van der Waals surface area contributed by atoms with E-state index in [9.17, 15) is 0 Å². The smallest absolute Gasteiger partial charge is 0.0622 e. The lowest BCUT2D eigenvalue weighted by atomic mass is 9.67. The normalized spacial score (nSPS) is 13.1. The second-order valence-electron chi connectivity index (χ2n) is 14.2. The SMILES string of the molecule is Cc1ccc2c(-c3cc4c(c5cc(C)ccc35)-c3ccc(-c5cccc6ccccc56)cc3C4(c3ccccc3)c3ccccc3)cccc2c1. The Morgan fingerprint density at radius 3 is 1.71 bits per heavy atom. The van der Waals surface area contributed by atoms with Crippen LogP contribution in [0.5, 0.6) is 0 Å². The predicted octanol–water partition coefficient (Wildman–Crippen LogP) is 13.5. The number of benzene rings is 9. The molecule has 0 atom stereocenters. The van der Waals surface area contributed by atoms with Crippen molar-refractivity contribution in [2.75, 3.05) is 0 Å². The molecule has 0 N–H and O–H groups in total. The molecule has 0 bridgehead atoms. The van der Waals surface area contributed by atoms with Gasteiger partial charge in [-0.05, 0) is 114 Å². The van der Waals surface area contributed by atoms with Gasteiger partial charge in [-0.3, -0.25) is 0 Å². The van der Waals surface area contributed by atoms with Crippen LogP contribution in [0.25, 0.3) is 65.7 Å². The van der Waals surface area contributed by atoms with Crippen LogP contribution in [0.4, 0.5) is 0 Å². The van der Waals surface area contributed by atoms with E-state index in [1.165, 1.54) is 99.1 Å². The number of hydrogen-bond acceptors (Lipinski definition) is 0. The average molecular weight is 649 g/mol. The number of rotatable bonds is 4. The molecule has 0 spiro atoms. The fourth-order valence-corrected chi connectivity index (χ4v) is 9.01. The van der Waals surface area contributed by atoms with Crippen LogP contribution in [0.15, 0.2) is 182 Å². The molecule has 10 rings (SSSR count). The van der Waals surface area contributed by atoms with Gasteiger partial charge in [-0.1, -0.05) is 181 Å². The quantitative estimate of drug-likeness (QED) is 0.178. The molecule has 0 aromatic heterocycles. The van der Waals surface area contributed by atoms with Crippen molar-refractivity contribution in [3.8, 4) is 33.4 Å². The van der Waals surface area contributed by atoms with Crippen LogP contribution in [-0.4, -0.2) is 0 Å². The molecule has 0 unspecified atom stereocenters. The summed E-state index contributed by atoms with van der Waals surface area (Å²) in [6.07, 6.45) is 0. The molecule has 0 amide bonds. The van der Waals surface area contributed by atoms with E-state index in [-0.39, 0.29) is 0 Å². The zero-order valence-electron chi connectivity index (χ0n) is 28.8. The monoisotopic (exact) mass is 648 g/mol. The molecule has 51 heavy (non-hydrogen) atoms. The molecular weight excluding hydrogens is 613 g/mol. The summed E-state index contributed by atoms with van der Waals surface area (Å²) in [6.45, 7) is 4.40. The van der Waals surface area contributed by atoms with Crippen molar-refractivity contribution in [2.45, 2.75) is 19.3 Å². The third kappa shape index (κ3) is 4.40. The van der Waals surface area contributed by atoms with Crippen molar-refractivity contribution in [1.82, 2.24) is 0 Å². The van der Waals surface area contributed by atoms with Gasteiger partial charge in [-0.15, -0.1) is 0 Å². The third-order valence-electron chi connectivity index (χ3n) is 11.2. The van der Waals surface area contributed by atoms with Gasteiger partial charge in [0.1, 0.15) is 0 Å². The van der Waals surface area contributed by atoms with Gasteiger partial charge in [0, 0.05) is 0 Å². The Bertz CT molecular complexity index is 2760. The van der Waals surface area contributed by atoms with E-state index in [1.54, 1.807) is 0 Å². The lowest BCUT2D eigenvalue weighted by Gasteiger charge is -2.34. The minimum atomic E-state index is -0.540. The minimum absolute atomic E-state index is 0.540. The molecule has 0 fully saturated rings. The first-order valence-corrected chi connectivity index (χ1v) is 17.9. The summed E-state index contributed by atoms with van der Waals surface area (Å²) >= 11 is 0. The highest BCUT2D eigenvalue weighted by atomic mass is 14.5. The Labute approximate surface area is 299 Å². The molecule has 240 valence electrons. The Morgan fingerprint density at radius 1 is 0.333 bits per heavy atom. The number of fused-ring (bicyclic) bond motifs is 7. The van der Waals surface area contributed by atoms with Crippen LogP contribution in [0.1, 0.15) is 33.4 Å².